The number of hydrogen-bond donors (Lipinski definition) is 4. The Labute approximate surface area is 342 Å². The van der Waals surface area contributed by atoms with Crippen LogP contribution in [0.3, 0.4) is 0 Å². The average Bonchev–Trinajstić information content (AvgIpc) is 3.84. The second kappa shape index (κ2) is 18.6. The monoisotopic (exact) mass is 936 g/mol. The molecule has 55 heavy (non-hydrogen) atoms. The highest BCUT2D eigenvalue weighted by atomic mass is 79.9. The summed E-state index contributed by atoms with van der Waals surface area (Å²) in [5.41, 5.74) is 4.17. The number of aryl methyl sites for hydroxylation is 2. The maximum absolute atomic E-state index is 12.8. The lowest BCUT2D eigenvalue weighted by Gasteiger charge is -2.31. The summed E-state index contributed by atoms with van der Waals surface area (Å²) in [6.07, 6.45) is 3.43. The second-order valence-corrected chi connectivity index (χ2v) is 15.6. The number of carbonyl (C=O) groups excluding carboxylic acids is 3. The number of nitrogens with zero attached hydrogens (tertiary/aromatic N) is 3. The van der Waals surface area contributed by atoms with Crippen molar-refractivity contribution in [2.45, 2.75) is 38.6 Å². The van der Waals surface area contributed by atoms with Crippen LogP contribution in [0.1, 0.15) is 64.1 Å². The van der Waals surface area contributed by atoms with Gasteiger partial charge in [-0.15, -0.1) is 0 Å². The van der Waals surface area contributed by atoms with Crippen LogP contribution in [0.25, 0.3) is 32.7 Å². The minimum Gasteiger partial charge on any atom is -0.477 e. The van der Waals surface area contributed by atoms with Gasteiger partial charge in [-0.3, -0.25) is 9.59 Å². The molecule has 1 aliphatic carbocycles. The molecule has 1 fully saturated rings. The van der Waals surface area contributed by atoms with E-state index in [2.05, 4.69) is 63.4 Å². The quantitative estimate of drug-likeness (QED) is 0.0917. The molecule has 1 aliphatic rings. The number of aromatic amines is 1. The summed E-state index contributed by atoms with van der Waals surface area (Å²) in [6, 6.07) is 24.4. The Bertz CT molecular complexity index is 2430. The number of carbonyl (C=O) groups is 4. The molecule has 2 atom stereocenters. The molecule has 6 aromatic rings. The number of aromatic carboxylic acids is 1. The molecule has 12 nitrogen and oxygen atoms in total. The number of rotatable bonds is 7. The minimum atomic E-state index is -0.903. The van der Waals surface area contributed by atoms with E-state index in [1.54, 1.807) is 30.7 Å². The minimum absolute atomic E-state index is 0.00588. The zero-order valence-electron chi connectivity index (χ0n) is 30.3. The zero-order chi connectivity index (χ0) is 39.8. The summed E-state index contributed by atoms with van der Waals surface area (Å²) in [4.78, 5) is 50.4. The van der Waals surface area contributed by atoms with Gasteiger partial charge in [0.25, 0.3) is 5.91 Å². The van der Waals surface area contributed by atoms with Crippen molar-refractivity contribution in [1.29, 1.82) is 5.26 Å². The normalized spacial score (nSPS) is 14.9. The van der Waals surface area contributed by atoms with Crippen molar-refractivity contribution in [2.75, 3.05) is 13.2 Å². The third-order valence-corrected chi connectivity index (χ3v) is 10.8. The fraction of sp³-hybridized carbons (Fsp3) is 0.275. The summed E-state index contributed by atoms with van der Waals surface area (Å²) < 4.78 is 11.3. The summed E-state index contributed by atoms with van der Waals surface area (Å²) >= 11 is 10.2. The predicted molar refractivity (Wildman–Crippen MR) is 222 cm³/mol. The Hall–Kier alpha value is -4.91. The van der Waals surface area contributed by atoms with Crippen molar-refractivity contribution in [3.05, 3.63) is 103 Å². The number of H-pyrrole nitrogens is 1. The van der Waals surface area contributed by atoms with Crippen molar-refractivity contribution in [3.8, 4) is 6.07 Å². The van der Waals surface area contributed by atoms with Gasteiger partial charge in [0.2, 0.25) is 5.91 Å². The standard InChI is InChI=1S/C19H21BrN4O2.C11H10BrNO2.C10H8BrNO2/c1-24-16-11-13(20)7-6-12(16)10-17(24)19(26)23-15-5-3-2-4-14(15)18(25)22-9-8-21;1-2-15-11(14)10-5-7-3-4-8(12)6-9(7)13-10;1-12-8-5-7(11)3-2-6(8)4-9(12)10(13)14/h6-7,10-11,14-15H,2-5,9H2,1H3,(H,22,25)(H,23,26);3-6,13H,2H2,1H3;2-5H,1H3,(H,13,14)/t14-,15+;;/m1../s1. The van der Waals surface area contributed by atoms with Crippen LogP contribution < -0.4 is 10.6 Å². The van der Waals surface area contributed by atoms with Gasteiger partial charge in [-0.1, -0.05) is 78.8 Å². The molecule has 3 aromatic carbocycles. The third-order valence-electron chi connectivity index (χ3n) is 9.31. The molecule has 0 spiro atoms. The molecule has 0 radical (unpaired) electrons. The van der Waals surface area contributed by atoms with Gasteiger partial charge in [-0.05, 0) is 74.4 Å². The van der Waals surface area contributed by atoms with Crippen LogP contribution in [0.4, 0.5) is 0 Å². The van der Waals surface area contributed by atoms with Crippen LogP contribution in [0.15, 0.2) is 86.2 Å². The first-order valence-corrected chi connectivity index (χ1v) is 19.8. The number of nitrogens with one attached hydrogen (secondary N) is 3. The molecular formula is C40H39Br3N6O6. The lowest BCUT2D eigenvalue weighted by molar-refractivity contribution is -0.126. The Balaban J connectivity index is 0.000000170. The molecule has 0 unspecified atom stereocenters. The molecule has 7 rings (SSSR count). The molecule has 15 heteroatoms. The van der Waals surface area contributed by atoms with Crippen molar-refractivity contribution in [3.63, 3.8) is 0 Å². The highest BCUT2D eigenvalue weighted by molar-refractivity contribution is 9.11. The Morgan fingerprint density at radius 3 is 2.00 bits per heavy atom. The maximum atomic E-state index is 12.8. The number of halogens is 3. The van der Waals surface area contributed by atoms with Crippen LogP contribution in [0, 0.1) is 17.2 Å². The summed E-state index contributed by atoms with van der Waals surface area (Å²) in [6.45, 7) is 2.17. The van der Waals surface area contributed by atoms with E-state index in [1.165, 1.54) is 0 Å². The predicted octanol–water partition coefficient (Wildman–Crippen LogP) is 8.62. The number of carboxylic acids is 1. The van der Waals surface area contributed by atoms with Gasteiger partial charge < -0.3 is 34.6 Å². The van der Waals surface area contributed by atoms with E-state index in [-0.39, 0.29) is 36.3 Å². The van der Waals surface area contributed by atoms with Crippen molar-refractivity contribution in [2.24, 2.45) is 20.0 Å². The average molecular weight is 940 g/mol. The number of nitriles is 1. The summed E-state index contributed by atoms with van der Waals surface area (Å²) in [7, 11) is 3.61. The molecule has 0 bridgehead atoms. The maximum Gasteiger partial charge on any atom is 0.354 e. The first-order valence-electron chi connectivity index (χ1n) is 17.4. The van der Waals surface area contributed by atoms with Crippen LogP contribution >= 0.6 is 47.8 Å². The Morgan fingerprint density at radius 1 is 0.836 bits per heavy atom. The smallest absolute Gasteiger partial charge is 0.354 e. The van der Waals surface area contributed by atoms with Gasteiger partial charge in [0.15, 0.2) is 0 Å². The van der Waals surface area contributed by atoms with E-state index in [9.17, 15) is 19.2 Å². The van der Waals surface area contributed by atoms with Gasteiger partial charge in [0.05, 0.1) is 18.6 Å². The SMILES string of the molecule is CCOC(=O)c1cc2ccc(Br)cc2[nH]1.Cn1c(C(=O)N[C@H]2CCCC[C@H]2C(=O)NCC#N)cc2ccc(Br)cc21.Cn1c(C(=O)O)cc2ccc(Br)cc21. The van der Waals surface area contributed by atoms with Crippen molar-refractivity contribution in [1.82, 2.24) is 24.8 Å². The van der Waals surface area contributed by atoms with Gasteiger partial charge in [-0.2, -0.15) is 5.26 Å². The van der Waals surface area contributed by atoms with Gasteiger partial charge in [-0.25, -0.2) is 9.59 Å². The van der Waals surface area contributed by atoms with E-state index >= 15 is 0 Å². The first-order chi connectivity index (χ1) is 26.3. The van der Waals surface area contributed by atoms with E-state index in [4.69, 9.17) is 15.1 Å². The number of esters is 1. The number of ether oxygens (including phenoxy) is 1. The van der Waals surface area contributed by atoms with E-state index < -0.39 is 5.97 Å². The molecule has 286 valence electrons. The molecular weight excluding hydrogens is 900 g/mol. The molecule has 0 saturated heterocycles. The Morgan fingerprint density at radius 2 is 1.40 bits per heavy atom. The molecule has 0 aliphatic heterocycles. The lowest BCUT2D eigenvalue weighted by atomic mass is 9.83. The molecule has 1 saturated carbocycles. The van der Waals surface area contributed by atoms with Crippen LogP contribution in [0.5, 0.6) is 0 Å². The summed E-state index contributed by atoms with van der Waals surface area (Å²) in [5, 5.41) is 26.2. The number of hydrogen-bond acceptors (Lipinski definition) is 6. The van der Waals surface area contributed by atoms with Crippen molar-refractivity contribution < 1.29 is 29.0 Å². The largest absolute Gasteiger partial charge is 0.477 e. The number of benzene rings is 3. The van der Waals surface area contributed by atoms with Gasteiger partial charge in [0, 0.05) is 66.3 Å². The van der Waals surface area contributed by atoms with Crippen LogP contribution in [0.2, 0.25) is 0 Å². The van der Waals surface area contributed by atoms with Gasteiger partial charge >= 0.3 is 11.9 Å². The number of amides is 2. The highest BCUT2D eigenvalue weighted by Crippen LogP contribution is 2.27. The number of aromatic nitrogens is 3. The zero-order valence-corrected chi connectivity index (χ0v) is 35.0. The van der Waals surface area contributed by atoms with E-state index in [1.807, 2.05) is 78.3 Å². The lowest BCUT2D eigenvalue weighted by Crippen LogP contribution is -2.48. The van der Waals surface area contributed by atoms with E-state index in [0.29, 0.717) is 23.7 Å². The molecule has 4 N–H and O–H groups in total. The van der Waals surface area contributed by atoms with E-state index in [0.717, 1.165) is 71.8 Å². The molecule has 2 amide bonds. The van der Waals surface area contributed by atoms with Gasteiger partial charge in [0.1, 0.15) is 23.6 Å². The molecule has 3 heterocycles. The number of carboxylic acid groups (broad SMARTS) is 1. The van der Waals surface area contributed by atoms with Crippen molar-refractivity contribution >= 4 is 104 Å². The topological polar surface area (TPSA) is 171 Å². The number of fused-ring (bicyclic) bond motifs is 3. The fourth-order valence-corrected chi connectivity index (χ4v) is 7.62. The second-order valence-electron chi connectivity index (χ2n) is 12.9. The molecule has 3 aromatic heterocycles. The first kappa shape index (κ1) is 41.3. The fourth-order valence-electron chi connectivity index (χ4n) is 6.57. The highest BCUT2D eigenvalue weighted by Gasteiger charge is 2.32. The Kier molecular flexibility index (Phi) is 14.0. The summed E-state index contributed by atoms with van der Waals surface area (Å²) in [5.74, 6) is -1.84. The van der Waals surface area contributed by atoms with Crippen LogP contribution in [-0.2, 0) is 23.6 Å². The third kappa shape index (κ3) is 10.0. The van der Waals surface area contributed by atoms with Crippen LogP contribution in [-0.4, -0.2) is 62.2 Å².